The molecule has 0 amide bonds. The van der Waals surface area contributed by atoms with Crippen molar-refractivity contribution in [2.75, 3.05) is 27.7 Å². The van der Waals surface area contributed by atoms with Crippen LogP contribution in [0.1, 0.15) is 16.6 Å². The Labute approximate surface area is 121 Å². The molecular formula is C11H17ClN6S. The standard InChI is InChI=1S/C11H17ClN6S/c1-13-10(9-7-14-16-19-9)11-8(12)6-15-18(11)5-4-17(2)3/h6-7,10,13H,4-5H2,1-3H3. The third kappa shape index (κ3) is 3.30. The molecule has 0 aromatic carbocycles. The highest BCUT2D eigenvalue weighted by Gasteiger charge is 2.22. The van der Waals surface area contributed by atoms with Crippen LogP contribution in [0.5, 0.6) is 0 Å². The molecule has 1 atom stereocenters. The van der Waals surface area contributed by atoms with E-state index < -0.39 is 0 Å². The fourth-order valence-corrected chi connectivity index (χ4v) is 2.72. The highest BCUT2D eigenvalue weighted by Crippen LogP contribution is 2.29. The van der Waals surface area contributed by atoms with Gasteiger partial charge in [-0.15, -0.1) is 5.10 Å². The van der Waals surface area contributed by atoms with Crippen LogP contribution < -0.4 is 5.32 Å². The van der Waals surface area contributed by atoms with Crippen LogP contribution in [0.2, 0.25) is 5.02 Å². The van der Waals surface area contributed by atoms with Crippen molar-refractivity contribution in [3.05, 3.63) is 28.0 Å². The van der Waals surface area contributed by atoms with E-state index in [0.29, 0.717) is 5.02 Å². The van der Waals surface area contributed by atoms with Gasteiger partial charge in [0.25, 0.3) is 0 Å². The van der Waals surface area contributed by atoms with E-state index in [1.807, 2.05) is 25.8 Å². The lowest BCUT2D eigenvalue weighted by Crippen LogP contribution is -2.25. The molecule has 0 saturated heterocycles. The van der Waals surface area contributed by atoms with Gasteiger partial charge in [0.2, 0.25) is 0 Å². The number of hydrogen-bond acceptors (Lipinski definition) is 6. The first-order valence-electron chi connectivity index (χ1n) is 5.94. The number of nitrogens with zero attached hydrogens (tertiary/aromatic N) is 5. The molecule has 2 rings (SSSR count). The fraction of sp³-hybridized carbons (Fsp3) is 0.545. The first kappa shape index (κ1) is 14.4. The first-order chi connectivity index (χ1) is 9.13. The summed E-state index contributed by atoms with van der Waals surface area (Å²) in [6.45, 7) is 1.70. The lowest BCUT2D eigenvalue weighted by Gasteiger charge is -2.18. The Morgan fingerprint density at radius 1 is 1.47 bits per heavy atom. The molecule has 19 heavy (non-hydrogen) atoms. The molecule has 0 fully saturated rings. The van der Waals surface area contributed by atoms with Gasteiger partial charge in [0.1, 0.15) is 0 Å². The third-order valence-corrected chi connectivity index (χ3v) is 3.84. The summed E-state index contributed by atoms with van der Waals surface area (Å²) < 4.78 is 5.84. The van der Waals surface area contributed by atoms with Gasteiger partial charge in [-0.05, 0) is 32.7 Å². The largest absolute Gasteiger partial charge is 0.308 e. The third-order valence-electron chi connectivity index (χ3n) is 2.82. The maximum Gasteiger partial charge on any atom is 0.0887 e. The minimum atomic E-state index is -0.0304. The molecule has 2 aromatic heterocycles. The smallest absolute Gasteiger partial charge is 0.0887 e. The van der Waals surface area contributed by atoms with E-state index in [1.165, 1.54) is 11.5 Å². The van der Waals surface area contributed by atoms with Crippen LogP contribution in [0.25, 0.3) is 0 Å². The summed E-state index contributed by atoms with van der Waals surface area (Å²) in [4.78, 5) is 3.14. The van der Waals surface area contributed by atoms with Crippen molar-refractivity contribution in [2.24, 2.45) is 0 Å². The second kappa shape index (κ2) is 6.42. The van der Waals surface area contributed by atoms with Crippen LogP contribution in [0.15, 0.2) is 12.4 Å². The zero-order chi connectivity index (χ0) is 13.8. The van der Waals surface area contributed by atoms with Gasteiger partial charge in [0.15, 0.2) is 0 Å². The molecule has 0 spiro atoms. The lowest BCUT2D eigenvalue weighted by atomic mass is 10.2. The zero-order valence-electron chi connectivity index (χ0n) is 11.2. The first-order valence-corrected chi connectivity index (χ1v) is 7.09. The van der Waals surface area contributed by atoms with Gasteiger partial charge in [0, 0.05) is 6.54 Å². The van der Waals surface area contributed by atoms with E-state index in [0.717, 1.165) is 23.7 Å². The molecule has 8 heteroatoms. The van der Waals surface area contributed by atoms with Crippen molar-refractivity contribution >= 4 is 23.1 Å². The second-order valence-electron chi connectivity index (χ2n) is 4.45. The van der Waals surface area contributed by atoms with Crippen molar-refractivity contribution in [1.29, 1.82) is 0 Å². The van der Waals surface area contributed by atoms with E-state index >= 15 is 0 Å². The Balaban J connectivity index is 2.29. The van der Waals surface area contributed by atoms with Gasteiger partial charge in [-0.1, -0.05) is 16.1 Å². The van der Waals surface area contributed by atoms with Gasteiger partial charge < -0.3 is 10.2 Å². The summed E-state index contributed by atoms with van der Waals surface area (Å²) in [5, 5.41) is 12.1. The predicted octanol–water partition coefficient (Wildman–Crippen LogP) is 1.26. The molecule has 1 unspecified atom stereocenters. The van der Waals surface area contributed by atoms with E-state index in [2.05, 4.69) is 24.9 Å². The van der Waals surface area contributed by atoms with Crippen LogP contribution >= 0.6 is 23.1 Å². The molecule has 0 aliphatic carbocycles. The normalized spacial score (nSPS) is 13.1. The van der Waals surface area contributed by atoms with Crippen molar-refractivity contribution in [3.8, 4) is 0 Å². The summed E-state index contributed by atoms with van der Waals surface area (Å²) >= 11 is 7.64. The molecular weight excluding hydrogens is 284 g/mol. The highest BCUT2D eigenvalue weighted by molar-refractivity contribution is 7.05. The van der Waals surface area contributed by atoms with Crippen LogP contribution in [0.4, 0.5) is 0 Å². The van der Waals surface area contributed by atoms with E-state index in [9.17, 15) is 0 Å². The quantitative estimate of drug-likeness (QED) is 0.870. The molecule has 2 heterocycles. The summed E-state index contributed by atoms with van der Waals surface area (Å²) in [6, 6.07) is -0.0304. The minimum Gasteiger partial charge on any atom is -0.308 e. The van der Waals surface area contributed by atoms with Crippen LogP contribution in [0.3, 0.4) is 0 Å². The van der Waals surface area contributed by atoms with Crippen molar-refractivity contribution in [1.82, 2.24) is 29.6 Å². The number of aromatic nitrogens is 4. The molecule has 2 aromatic rings. The van der Waals surface area contributed by atoms with Crippen molar-refractivity contribution < 1.29 is 0 Å². The maximum absolute atomic E-state index is 6.28. The molecule has 0 aliphatic rings. The zero-order valence-corrected chi connectivity index (χ0v) is 12.7. The Morgan fingerprint density at radius 2 is 2.26 bits per heavy atom. The summed E-state index contributed by atoms with van der Waals surface area (Å²) in [7, 11) is 5.96. The van der Waals surface area contributed by atoms with Crippen molar-refractivity contribution in [3.63, 3.8) is 0 Å². The number of nitrogens with one attached hydrogen (secondary N) is 1. The topological polar surface area (TPSA) is 58.9 Å². The number of halogens is 1. The number of rotatable bonds is 6. The Kier molecular flexibility index (Phi) is 4.87. The maximum atomic E-state index is 6.28. The number of likely N-dealkylation sites (N-methyl/N-ethyl adjacent to an activating group) is 1. The van der Waals surface area contributed by atoms with E-state index in [1.54, 1.807) is 12.4 Å². The van der Waals surface area contributed by atoms with Crippen molar-refractivity contribution in [2.45, 2.75) is 12.6 Å². The second-order valence-corrected chi connectivity index (χ2v) is 5.67. The minimum absolute atomic E-state index is 0.0304. The number of hydrogen-bond donors (Lipinski definition) is 1. The molecule has 1 N–H and O–H groups in total. The summed E-state index contributed by atoms with van der Waals surface area (Å²) in [5.41, 5.74) is 0.956. The van der Waals surface area contributed by atoms with Crippen LogP contribution in [0, 0.1) is 0 Å². The average molecular weight is 301 g/mol. The summed E-state index contributed by atoms with van der Waals surface area (Å²) in [5.74, 6) is 0. The van der Waals surface area contributed by atoms with Crippen LogP contribution in [-0.4, -0.2) is 52.0 Å². The highest BCUT2D eigenvalue weighted by atomic mass is 35.5. The predicted molar refractivity (Wildman–Crippen MR) is 76.6 cm³/mol. The Hall–Kier alpha value is -1.02. The van der Waals surface area contributed by atoms with Gasteiger partial charge in [0.05, 0.1) is 40.6 Å². The van der Waals surface area contributed by atoms with Gasteiger partial charge in [-0.2, -0.15) is 5.10 Å². The van der Waals surface area contributed by atoms with E-state index in [-0.39, 0.29) is 6.04 Å². The monoisotopic (exact) mass is 300 g/mol. The molecule has 6 nitrogen and oxygen atoms in total. The Morgan fingerprint density at radius 3 is 2.84 bits per heavy atom. The van der Waals surface area contributed by atoms with Gasteiger partial charge in [-0.3, -0.25) is 4.68 Å². The fourth-order valence-electron chi connectivity index (χ4n) is 1.85. The SMILES string of the molecule is CNC(c1cnns1)c1c(Cl)cnn1CCN(C)C. The van der Waals surface area contributed by atoms with E-state index in [4.69, 9.17) is 11.6 Å². The van der Waals surface area contributed by atoms with Gasteiger partial charge >= 0.3 is 0 Å². The molecule has 0 aliphatic heterocycles. The molecule has 104 valence electrons. The lowest BCUT2D eigenvalue weighted by molar-refractivity contribution is 0.366. The molecule has 0 bridgehead atoms. The summed E-state index contributed by atoms with van der Waals surface area (Å²) in [6.07, 6.45) is 3.44. The van der Waals surface area contributed by atoms with Gasteiger partial charge in [-0.25, -0.2) is 0 Å². The van der Waals surface area contributed by atoms with Crippen LogP contribution in [-0.2, 0) is 6.54 Å². The Bertz CT molecular complexity index is 509. The molecule has 0 saturated carbocycles. The molecule has 0 radical (unpaired) electrons. The average Bonchev–Trinajstić information content (AvgIpc) is 3.00.